The van der Waals surface area contributed by atoms with Crippen LogP contribution in [0.25, 0.3) is 0 Å². The molecule has 0 unspecified atom stereocenters. The van der Waals surface area contributed by atoms with Gasteiger partial charge in [-0.3, -0.25) is 0 Å². The third-order valence-electron chi connectivity index (χ3n) is 3.34. The maximum Gasteiger partial charge on any atom is 0.170 e. The van der Waals surface area contributed by atoms with Gasteiger partial charge in [-0.25, -0.2) is 0 Å². The quantitative estimate of drug-likeness (QED) is 0.388. The molecule has 0 atom stereocenters. The van der Waals surface area contributed by atoms with Gasteiger partial charge in [-0.05, 0) is 31.0 Å². The molecule has 104 valence electrons. The fourth-order valence-corrected chi connectivity index (χ4v) is 1.99. The molecule has 0 aliphatic heterocycles. The minimum atomic E-state index is 0.0881. The Bertz CT molecular complexity index is 636. The first-order valence-electron chi connectivity index (χ1n) is 6.38. The van der Waals surface area contributed by atoms with Gasteiger partial charge in [-0.1, -0.05) is 41.6 Å². The van der Waals surface area contributed by atoms with Gasteiger partial charge < -0.3 is 15.7 Å². The Labute approximate surface area is 118 Å². The summed E-state index contributed by atoms with van der Waals surface area (Å²) in [4.78, 5) is 0. The molecule has 0 aliphatic carbocycles. The van der Waals surface area contributed by atoms with Crippen molar-refractivity contribution in [3.63, 3.8) is 0 Å². The Kier molecular flexibility index (Phi) is 4.25. The van der Waals surface area contributed by atoms with E-state index in [2.05, 4.69) is 5.16 Å². The van der Waals surface area contributed by atoms with Crippen molar-refractivity contribution in [3.05, 3.63) is 64.7 Å². The van der Waals surface area contributed by atoms with E-state index in [4.69, 9.17) is 15.7 Å². The number of nitrogens with zero attached hydrogens (tertiary/aromatic N) is 1. The second-order valence-corrected chi connectivity index (χ2v) is 4.63. The Balaban J connectivity index is 2.21. The highest BCUT2D eigenvalue weighted by molar-refractivity contribution is 5.98. The van der Waals surface area contributed by atoms with Crippen LogP contribution >= 0.6 is 0 Å². The zero-order valence-electron chi connectivity index (χ0n) is 11.6. The van der Waals surface area contributed by atoms with E-state index in [1.54, 1.807) is 6.07 Å². The largest absolute Gasteiger partial charge is 0.489 e. The maximum atomic E-state index is 8.80. The lowest BCUT2D eigenvalue weighted by molar-refractivity contribution is 0.303. The van der Waals surface area contributed by atoms with Crippen molar-refractivity contribution in [1.82, 2.24) is 0 Å². The number of hydrogen-bond acceptors (Lipinski definition) is 3. The fourth-order valence-electron chi connectivity index (χ4n) is 1.99. The van der Waals surface area contributed by atoms with Crippen LogP contribution in [0, 0.1) is 13.8 Å². The van der Waals surface area contributed by atoms with Gasteiger partial charge in [0.05, 0.1) is 0 Å². The van der Waals surface area contributed by atoms with Crippen LogP contribution in [0.5, 0.6) is 5.75 Å². The molecule has 0 bridgehead atoms. The Morgan fingerprint density at radius 3 is 2.65 bits per heavy atom. The van der Waals surface area contributed by atoms with Gasteiger partial charge in [0, 0.05) is 11.1 Å². The molecule has 2 aromatic carbocycles. The molecule has 0 aromatic heterocycles. The second-order valence-electron chi connectivity index (χ2n) is 4.63. The van der Waals surface area contributed by atoms with Gasteiger partial charge >= 0.3 is 0 Å². The van der Waals surface area contributed by atoms with Gasteiger partial charge in [0.15, 0.2) is 5.84 Å². The third-order valence-corrected chi connectivity index (χ3v) is 3.34. The number of amidine groups is 1. The predicted octanol–water partition coefficient (Wildman–Crippen LogP) is 2.98. The van der Waals surface area contributed by atoms with Crippen LogP contribution in [0.4, 0.5) is 0 Å². The first-order valence-corrected chi connectivity index (χ1v) is 6.38. The molecule has 0 saturated heterocycles. The molecule has 0 radical (unpaired) electrons. The summed E-state index contributed by atoms with van der Waals surface area (Å²) in [6.07, 6.45) is 0. The van der Waals surface area contributed by atoms with Crippen molar-refractivity contribution in [1.29, 1.82) is 0 Å². The lowest BCUT2D eigenvalue weighted by Crippen LogP contribution is -2.16. The van der Waals surface area contributed by atoms with Crippen LogP contribution in [-0.4, -0.2) is 11.0 Å². The van der Waals surface area contributed by atoms with Crippen molar-refractivity contribution < 1.29 is 9.94 Å². The third kappa shape index (κ3) is 2.91. The van der Waals surface area contributed by atoms with Crippen LogP contribution in [-0.2, 0) is 6.61 Å². The fraction of sp³-hybridized carbons (Fsp3) is 0.188. The SMILES string of the molecule is Cc1cccc(OCc2ccccc2/C(N)=N/O)c1C. The van der Waals surface area contributed by atoms with E-state index in [1.165, 1.54) is 5.56 Å². The number of oxime groups is 1. The average molecular weight is 270 g/mol. The molecular formula is C16H18N2O2. The van der Waals surface area contributed by atoms with Crippen molar-refractivity contribution in [2.45, 2.75) is 20.5 Å². The molecule has 4 heteroatoms. The molecular weight excluding hydrogens is 252 g/mol. The van der Waals surface area contributed by atoms with Crippen LogP contribution in [0.15, 0.2) is 47.6 Å². The van der Waals surface area contributed by atoms with Crippen LogP contribution in [0.2, 0.25) is 0 Å². The molecule has 0 heterocycles. The maximum absolute atomic E-state index is 8.80. The zero-order valence-corrected chi connectivity index (χ0v) is 11.6. The number of ether oxygens (including phenoxy) is 1. The Morgan fingerprint density at radius 1 is 1.15 bits per heavy atom. The standard InChI is InChI=1S/C16H18N2O2/c1-11-6-5-9-15(12(11)2)20-10-13-7-3-4-8-14(13)16(17)18-19/h3-9,19H,10H2,1-2H3,(H2,17,18). The van der Waals surface area contributed by atoms with Crippen LogP contribution < -0.4 is 10.5 Å². The molecule has 20 heavy (non-hydrogen) atoms. The van der Waals surface area contributed by atoms with Gasteiger partial charge in [0.1, 0.15) is 12.4 Å². The van der Waals surface area contributed by atoms with E-state index in [0.29, 0.717) is 12.2 Å². The van der Waals surface area contributed by atoms with Gasteiger partial charge in [-0.15, -0.1) is 0 Å². The monoisotopic (exact) mass is 270 g/mol. The van der Waals surface area contributed by atoms with E-state index < -0.39 is 0 Å². The molecule has 0 fully saturated rings. The summed E-state index contributed by atoms with van der Waals surface area (Å²) in [5.74, 6) is 0.935. The van der Waals surface area contributed by atoms with Gasteiger partial charge in [-0.2, -0.15) is 0 Å². The number of aryl methyl sites for hydroxylation is 1. The van der Waals surface area contributed by atoms with Crippen molar-refractivity contribution in [2.24, 2.45) is 10.9 Å². The van der Waals surface area contributed by atoms with Crippen LogP contribution in [0.3, 0.4) is 0 Å². The normalized spacial score (nSPS) is 11.4. The highest BCUT2D eigenvalue weighted by atomic mass is 16.5. The summed E-state index contributed by atoms with van der Waals surface area (Å²) in [7, 11) is 0. The van der Waals surface area contributed by atoms with E-state index in [1.807, 2.05) is 50.2 Å². The number of nitrogens with two attached hydrogens (primary N) is 1. The smallest absolute Gasteiger partial charge is 0.170 e. The first kappa shape index (κ1) is 13.9. The topological polar surface area (TPSA) is 67.8 Å². The molecule has 2 aromatic rings. The first-order chi connectivity index (χ1) is 9.63. The zero-order chi connectivity index (χ0) is 14.5. The van der Waals surface area contributed by atoms with Gasteiger partial charge in [0.25, 0.3) is 0 Å². The molecule has 3 N–H and O–H groups in total. The summed E-state index contributed by atoms with van der Waals surface area (Å²) in [5, 5.41) is 11.8. The molecule has 0 amide bonds. The predicted molar refractivity (Wildman–Crippen MR) is 79.2 cm³/mol. The summed E-state index contributed by atoms with van der Waals surface area (Å²) >= 11 is 0. The molecule has 0 aliphatic rings. The van der Waals surface area contributed by atoms with Crippen molar-refractivity contribution >= 4 is 5.84 Å². The minimum absolute atomic E-state index is 0.0881. The van der Waals surface area contributed by atoms with Crippen molar-refractivity contribution in [2.75, 3.05) is 0 Å². The number of rotatable bonds is 4. The summed E-state index contributed by atoms with van der Waals surface area (Å²) in [6, 6.07) is 13.4. The molecule has 0 saturated carbocycles. The summed E-state index contributed by atoms with van der Waals surface area (Å²) < 4.78 is 5.85. The summed E-state index contributed by atoms with van der Waals surface area (Å²) in [6.45, 7) is 4.45. The highest BCUT2D eigenvalue weighted by Gasteiger charge is 2.08. The summed E-state index contributed by atoms with van der Waals surface area (Å²) in [5.41, 5.74) is 9.53. The second kappa shape index (κ2) is 6.10. The van der Waals surface area contributed by atoms with E-state index >= 15 is 0 Å². The van der Waals surface area contributed by atoms with E-state index in [9.17, 15) is 0 Å². The van der Waals surface area contributed by atoms with E-state index in [-0.39, 0.29) is 5.84 Å². The Hall–Kier alpha value is -2.49. The van der Waals surface area contributed by atoms with Gasteiger partial charge in [0.2, 0.25) is 0 Å². The lowest BCUT2D eigenvalue weighted by Gasteiger charge is -2.13. The van der Waals surface area contributed by atoms with Crippen LogP contribution in [0.1, 0.15) is 22.3 Å². The lowest BCUT2D eigenvalue weighted by atomic mass is 10.1. The molecule has 0 spiro atoms. The number of benzene rings is 2. The molecule has 2 rings (SSSR count). The average Bonchev–Trinajstić information content (AvgIpc) is 2.48. The number of hydrogen-bond donors (Lipinski definition) is 2. The minimum Gasteiger partial charge on any atom is -0.489 e. The van der Waals surface area contributed by atoms with Crippen molar-refractivity contribution in [3.8, 4) is 5.75 Å². The van der Waals surface area contributed by atoms with E-state index in [0.717, 1.165) is 16.9 Å². The Morgan fingerprint density at radius 2 is 1.90 bits per heavy atom. The molecule has 4 nitrogen and oxygen atoms in total. The highest BCUT2D eigenvalue weighted by Crippen LogP contribution is 2.22.